The van der Waals surface area contributed by atoms with Crippen molar-refractivity contribution >= 4 is 0 Å². The first-order chi connectivity index (χ1) is 8.50. The Kier molecular flexibility index (Phi) is 5.87. The summed E-state index contributed by atoms with van der Waals surface area (Å²) in [4.78, 5) is 0. The monoisotopic (exact) mass is 247 g/mol. The summed E-state index contributed by atoms with van der Waals surface area (Å²) < 4.78 is 0. The molecule has 0 bridgehead atoms. The SMILES string of the molecule is CCCCCC(NC)c1ccccc1C(C)(C)C. The molecule has 0 saturated carbocycles. The predicted octanol–water partition coefficient (Wildman–Crippen LogP) is 4.82. The van der Waals surface area contributed by atoms with Crippen LogP contribution in [0.25, 0.3) is 0 Å². The topological polar surface area (TPSA) is 12.0 Å². The van der Waals surface area contributed by atoms with E-state index in [0.29, 0.717) is 6.04 Å². The molecular weight excluding hydrogens is 218 g/mol. The van der Waals surface area contributed by atoms with Crippen LogP contribution in [0, 0.1) is 0 Å². The molecule has 1 N–H and O–H groups in total. The molecule has 1 nitrogen and oxygen atoms in total. The van der Waals surface area contributed by atoms with Crippen molar-refractivity contribution in [1.82, 2.24) is 5.32 Å². The predicted molar refractivity (Wildman–Crippen MR) is 81.1 cm³/mol. The Labute approximate surface area is 113 Å². The molecule has 0 aromatic heterocycles. The summed E-state index contributed by atoms with van der Waals surface area (Å²) >= 11 is 0. The molecule has 1 unspecified atom stereocenters. The van der Waals surface area contributed by atoms with Crippen LogP contribution in [0.15, 0.2) is 24.3 Å². The van der Waals surface area contributed by atoms with E-state index in [-0.39, 0.29) is 5.41 Å². The minimum atomic E-state index is 0.219. The van der Waals surface area contributed by atoms with Crippen molar-refractivity contribution in [1.29, 1.82) is 0 Å². The molecule has 0 aliphatic carbocycles. The summed E-state index contributed by atoms with van der Waals surface area (Å²) in [5.74, 6) is 0. The van der Waals surface area contributed by atoms with E-state index in [1.165, 1.54) is 36.8 Å². The smallest absolute Gasteiger partial charge is 0.0320 e. The average molecular weight is 247 g/mol. The molecule has 0 fully saturated rings. The van der Waals surface area contributed by atoms with Gasteiger partial charge in [0, 0.05) is 6.04 Å². The zero-order valence-corrected chi connectivity index (χ0v) is 12.7. The quantitative estimate of drug-likeness (QED) is 0.710. The second kappa shape index (κ2) is 6.94. The van der Waals surface area contributed by atoms with Gasteiger partial charge in [0.25, 0.3) is 0 Å². The van der Waals surface area contributed by atoms with E-state index < -0.39 is 0 Å². The Morgan fingerprint density at radius 1 is 1.11 bits per heavy atom. The highest BCUT2D eigenvalue weighted by molar-refractivity contribution is 5.35. The highest BCUT2D eigenvalue weighted by atomic mass is 14.9. The molecule has 1 atom stereocenters. The average Bonchev–Trinajstić information content (AvgIpc) is 2.34. The molecule has 1 aromatic carbocycles. The maximum Gasteiger partial charge on any atom is 0.0320 e. The Balaban J connectivity index is 2.91. The summed E-state index contributed by atoms with van der Waals surface area (Å²) in [6.07, 6.45) is 5.16. The van der Waals surface area contributed by atoms with Gasteiger partial charge in [-0.3, -0.25) is 0 Å². The van der Waals surface area contributed by atoms with Crippen molar-refractivity contribution < 1.29 is 0 Å². The minimum Gasteiger partial charge on any atom is -0.313 e. The van der Waals surface area contributed by atoms with E-state index >= 15 is 0 Å². The van der Waals surface area contributed by atoms with E-state index in [2.05, 4.69) is 64.3 Å². The van der Waals surface area contributed by atoms with Crippen LogP contribution in [0.3, 0.4) is 0 Å². The van der Waals surface area contributed by atoms with Crippen molar-refractivity contribution in [3.63, 3.8) is 0 Å². The standard InChI is InChI=1S/C17H29N/c1-6-7-8-13-16(18-5)14-11-9-10-12-15(14)17(2,3)4/h9-12,16,18H,6-8,13H2,1-5H3. The lowest BCUT2D eigenvalue weighted by atomic mass is 9.81. The number of hydrogen-bond acceptors (Lipinski definition) is 1. The first kappa shape index (κ1) is 15.2. The van der Waals surface area contributed by atoms with Gasteiger partial charge in [-0.25, -0.2) is 0 Å². The molecule has 0 radical (unpaired) electrons. The molecule has 0 aliphatic heterocycles. The normalized spacial score (nSPS) is 13.6. The van der Waals surface area contributed by atoms with E-state index in [4.69, 9.17) is 0 Å². The van der Waals surface area contributed by atoms with E-state index in [1.54, 1.807) is 0 Å². The molecule has 102 valence electrons. The first-order valence-electron chi connectivity index (χ1n) is 7.27. The van der Waals surface area contributed by atoms with E-state index in [9.17, 15) is 0 Å². The van der Waals surface area contributed by atoms with Crippen LogP contribution in [0.2, 0.25) is 0 Å². The lowest BCUT2D eigenvalue weighted by molar-refractivity contribution is 0.492. The molecule has 18 heavy (non-hydrogen) atoms. The van der Waals surface area contributed by atoms with Gasteiger partial charge >= 0.3 is 0 Å². The van der Waals surface area contributed by atoms with E-state index in [0.717, 1.165) is 0 Å². The highest BCUT2D eigenvalue weighted by Gasteiger charge is 2.21. The van der Waals surface area contributed by atoms with Crippen LogP contribution in [0.5, 0.6) is 0 Å². The lowest BCUT2D eigenvalue weighted by Gasteiger charge is -2.27. The maximum absolute atomic E-state index is 3.49. The van der Waals surface area contributed by atoms with Crippen LogP contribution in [-0.4, -0.2) is 7.05 Å². The Bertz CT molecular complexity index is 349. The number of hydrogen-bond donors (Lipinski definition) is 1. The molecular formula is C17H29N. The first-order valence-corrected chi connectivity index (χ1v) is 7.27. The molecule has 0 spiro atoms. The van der Waals surface area contributed by atoms with Gasteiger partial charge in [0.2, 0.25) is 0 Å². The Morgan fingerprint density at radius 3 is 2.33 bits per heavy atom. The Hall–Kier alpha value is -0.820. The summed E-state index contributed by atoms with van der Waals surface area (Å²) in [5.41, 5.74) is 3.17. The van der Waals surface area contributed by atoms with Gasteiger partial charge in [0.05, 0.1) is 0 Å². The van der Waals surface area contributed by atoms with Crippen molar-refractivity contribution in [3.05, 3.63) is 35.4 Å². The van der Waals surface area contributed by atoms with Gasteiger partial charge in [-0.2, -0.15) is 0 Å². The highest BCUT2D eigenvalue weighted by Crippen LogP contribution is 2.31. The third-order valence-corrected chi connectivity index (χ3v) is 3.59. The fraction of sp³-hybridized carbons (Fsp3) is 0.647. The summed E-state index contributed by atoms with van der Waals surface area (Å²) in [5, 5.41) is 3.49. The third-order valence-electron chi connectivity index (χ3n) is 3.59. The summed E-state index contributed by atoms with van der Waals surface area (Å²) in [7, 11) is 2.08. The zero-order chi connectivity index (χ0) is 13.6. The molecule has 1 aromatic rings. The molecule has 0 heterocycles. The zero-order valence-electron chi connectivity index (χ0n) is 12.7. The van der Waals surface area contributed by atoms with Crippen LogP contribution in [0.1, 0.15) is 70.5 Å². The molecule has 0 amide bonds. The van der Waals surface area contributed by atoms with Gasteiger partial charge in [-0.1, -0.05) is 71.2 Å². The second-order valence-electron chi connectivity index (χ2n) is 6.17. The number of rotatable bonds is 6. The van der Waals surface area contributed by atoms with Crippen molar-refractivity contribution in [3.8, 4) is 0 Å². The van der Waals surface area contributed by atoms with Crippen LogP contribution < -0.4 is 5.32 Å². The van der Waals surface area contributed by atoms with Gasteiger partial charge in [-0.15, -0.1) is 0 Å². The van der Waals surface area contributed by atoms with Crippen molar-refractivity contribution in [2.24, 2.45) is 0 Å². The van der Waals surface area contributed by atoms with Gasteiger partial charge in [0.1, 0.15) is 0 Å². The minimum absolute atomic E-state index is 0.219. The van der Waals surface area contributed by atoms with Crippen LogP contribution in [0.4, 0.5) is 0 Å². The Morgan fingerprint density at radius 2 is 1.78 bits per heavy atom. The number of unbranched alkanes of at least 4 members (excludes halogenated alkanes) is 2. The van der Waals surface area contributed by atoms with Crippen LogP contribution in [-0.2, 0) is 5.41 Å². The molecule has 1 heteroatoms. The third kappa shape index (κ3) is 4.13. The summed E-state index contributed by atoms with van der Waals surface area (Å²) in [6, 6.07) is 9.37. The van der Waals surface area contributed by atoms with Gasteiger partial charge < -0.3 is 5.32 Å². The largest absolute Gasteiger partial charge is 0.313 e. The lowest BCUT2D eigenvalue weighted by Crippen LogP contribution is -2.22. The summed E-state index contributed by atoms with van der Waals surface area (Å²) in [6.45, 7) is 9.15. The number of benzene rings is 1. The van der Waals surface area contributed by atoms with Gasteiger partial charge in [0.15, 0.2) is 0 Å². The maximum atomic E-state index is 3.49. The van der Waals surface area contributed by atoms with Crippen molar-refractivity contribution in [2.45, 2.75) is 64.8 Å². The second-order valence-corrected chi connectivity index (χ2v) is 6.17. The van der Waals surface area contributed by atoms with E-state index in [1.807, 2.05) is 0 Å². The molecule has 0 saturated heterocycles. The van der Waals surface area contributed by atoms with Crippen molar-refractivity contribution in [2.75, 3.05) is 7.05 Å². The van der Waals surface area contributed by atoms with Gasteiger partial charge in [-0.05, 0) is 30.0 Å². The molecule has 0 aliphatic rings. The number of nitrogens with one attached hydrogen (secondary N) is 1. The fourth-order valence-electron chi connectivity index (χ4n) is 2.54. The fourth-order valence-corrected chi connectivity index (χ4v) is 2.54. The van der Waals surface area contributed by atoms with Crippen LogP contribution >= 0.6 is 0 Å². The molecule has 1 rings (SSSR count).